The molecule has 0 saturated carbocycles. The predicted octanol–water partition coefficient (Wildman–Crippen LogP) is 5.88. The number of para-hydroxylation sites is 2. The number of hydrogen-bond donors (Lipinski definition) is 0. The Hall–Kier alpha value is -4.21. The van der Waals surface area contributed by atoms with Crippen LogP contribution in [0.2, 0.25) is 0 Å². The third-order valence-electron chi connectivity index (χ3n) is 8.11. The lowest BCUT2D eigenvalue weighted by molar-refractivity contribution is -0.127. The van der Waals surface area contributed by atoms with E-state index in [1.807, 2.05) is 75.4 Å². The minimum Gasteiger partial charge on any atom is -0.496 e. The van der Waals surface area contributed by atoms with E-state index in [2.05, 4.69) is 51.0 Å². The molecule has 7 nitrogen and oxygen atoms in total. The molecule has 5 aromatic rings. The molecule has 9 heteroatoms. The first kappa shape index (κ1) is 29.8. The van der Waals surface area contributed by atoms with Gasteiger partial charge in [-0.1, -0.05) is 75.8 Å². The van der Waals surface area contributed by atoms with Crippen LogP contribution in [0.5, 0.6) is 5.75 Å². The Bertz CT molecular complexity index is 2080. The highest BCUT2D eigenvalue weighted by Crippen LogP contribution is 2.36. The molecule has 1 atom stereocenters. The van der Waals surface area contributed by atoms with Gasteiger partial charge in [0.25, 0.3) is 11.5 Å². The summed E-state index contributed by atoms with van der Waals surface area (Å²) in [7, 11) is 1.61. The van der Waals surface area contributed by atoms with Crippen LogP contribution in [0.3, 0.4) is 0 Å². The number of thiazole rings is 1. The number of amides is 1. The standard InChI is InChI=1S/C35H33BrN4O3S/c1-5-38(6-2)34(42)31-22(3)37-35-40(32(31)27-12-8-10-14-29(27)43-4)33(41)30(44-35)19-24-21-39(28-13-9-7-11-26(24)28)20-23-15-17-25(36)18-16-23/h7-19,21,32H,5-6,20H2,1-4H3/b30-19+/t32-/m0/s1. The quantitative estimate of drug-likeness (QED) is 0.208. The number of benzene rings is 3. The maximum atomic E-state index is 14.3. The van der Waals surface area contributed by atoms with Gasteiger partial charge in [-0.3, -0.25) is 14.2 Å². The fourth-order valence-electron chi connectivity index (χ4n) is 5.91. The lowest BCUT2D eigenvalue weighted by Gasteiger charge is -2.29. The second-order valence-corrected chi connectivity index (χ2v) is 12.6. The maximum absolute atomic E-state index is 14.3. The molecule has 3 aromatic carbocycles. The molecule has 0 unspecified atom stereocenters. The first-order valence-corrected chi connectivity index (χ1v) is 16.2. The zero-order valence-corrected chi connectivity index (χ0v) is 27.5. The summed E-state index contributed by atoms with van der Waals surface area (Å²) in [6.45, 7) is 7.58. The zero-order valence-electron chi connectivity index (χ0n) is 25.1. The largest absolute Gasteiger partial charge is 0.496 e. The summed E-state index contributed by atoms with van der Waals surface area (Å²) < 4.78 is 11.2. The number of carbonyl (C=O) groups excluding carboxylic acids is 1. The van der Waals surface area contributed by atoms with Gasteiger partial charge in [-0.15, -0.1) is 0 Å². The summed E-state index contributed by atoms with van der Waals surface area (Å²) in [5, 5.41) is 1.06. The number of allylic oxidation sites excluding steroid dienone is 1. The van der Waals surface area contributed by atoms with E-state index in [1.54, 1.807) is 16.6 Å². The summed E-state index contributed by atoms with van der Waals surface area (Å²) in [5.74, 6) is 0.486. The molecule has 2 aromatic heterocycles. The van der Waals surface area contributed by atoms with Crippen molar-refractivity contribution in [1.29, 1.82) is 0 Å². The highest BCUT2D eigenvalue weighted by molar-refractivity contribution is 9.10. The summed E-state index contributed by atoms with van der Waals surface area (Å²) in [6.07, 6.45) is 4.05. The van der Waals surface area contributed by atoms with Gasteiger partial charge in [0.1, 0.15) is 11.8 Å². The predicted molar refractivity (Wildman–Crippen MR) is 180 cm³/mol. The van der Waals surface area contributed by atoms with Gasteiger partial charge in [-0.25, -0.2) is 4.99 Å². The van der Waals surface area contributed by atoms with Gasteiger partial charge in [0.05, 0.1) is 22.9 Å². The van der Waals surface area contributed by atoms with Crippen molar-refractivity contribution in [2.45, 2.75) is 33.4 Å². The van der Waals surface area contributed by atoms with Gasteiger partial charge in [-0.2, -0.15) is 0 Å². The van der Waals surface area contributed by atoms with Crippen molar-refractivity contribution in [1.82, 2.24) is 14.0 Å². The number of nitrogens with zero attached hydrogens (tertiary/aromatic N) is 4. The van der Waals surface area contributed by atoms with E-state index in [1.165, 1.54) is 16.9 Å². The summed E-state index contributed by atoms with van der Waals surface area (Å²) in [5.41, 5.74) is 4.87. The molecule has 0 aliphatic carbocycles. The number of carbonyl (C=O) groups is 1. The van der Waals surface area contributed by atoms with Crippen LogP contribution in [-0.2, 0) is 11.3 Å². The van der Waals surface area contributed by atoms with Gasteiger partial charge in [-0.05, 0) is 56.7 Å². The lowest BCUT2D eigenvalue weighted by atomic mass is 9.94. The minimum absolute atomic E-state index is 0.127. The van der Waals surface area contributed by atoms with Gasteiger partial charge < -0.3 is 14.2 Å². The number of fused-ring (bicyclic) bond motifs is 2. The Balaban J connectivity index is 1.53. The molecule has 0 N–H and O–H groups in total. The average molecular weight is 670 g/mol. The third kappa shape index (κ3) is 5.35. The molecule has 3 heterocycles. The molecule has 1 amide bonds. The van der Waals surface area contributed by atoms with Crippen molar-refractivity contribution in [2.24, 2.45) is 4.99 Å². The average Bonchev–Trinajstić information content (AvgIpc) is 3.54. The molecule has 0 spiro atoms. The fraction of sp³-hybridized carbons (Fsp3) is 0.229. The van der Waals surface area contributed by atoms with E-state index < -0.39 is 6.04 Å². The van der Waals surface area contributed by atoms with Gasteiger partial charge >= 0.3 is 0 Å². The van der Waals surface area contributed by atoms with Crippen LogP contribution >= 0.6 is 27.3 Å². The summed E-state index contributed by atoms with van der Waals surface area (Å²) in [4.78, 5) is 35.4. The zero-order chi connectivity index (χ0) is 31.0. The van der Waals surface area contributed by atoms with E-state index in [4.69, 9.17) is 9.73 Å². The Morgan fingerprint density at radius 2 is 1.75 bits per heavy atom. The number of methoxy groups -OCH3 is 1. The van der Waals surface area contributed by atoms with E-state index in [-0.39, 0.29) is 11.5 Å². The maximum Gasteiger partial charge on any atom is 0.271 e. The van der Waals surface area contributed by atoms with Crippen molar-refractivity contribution in [3.05, 3.63) is 131 Å². The number of aromatic nitrogens is 2. The summed E-state index contributed by atoms with van der Waals surface area (Å²) >= 11 is 4.86. The van der Waals surface area contributed by atoms with Crippen LogP contribution in [0, 0.1) is 0 Å². The Kier molecular flexibility index (Phi) is 8.42. The smallest absolute Gasteiger partial charge is 0.271 e. The van der Waals surface area contributed by atoms with Gasteiger partial charge in [0.2, 0.25) is 0 Å². The normalized spacial score (nSPS) is 14.9. The van der Waals surface area contributed by atoms with Crippen molar-refractivity contribution in [3.8, 4) is 5.75 Å². The molecule has 0 saturated heterocycles. The minimum atomic E-state index is -0.670. The number of halogens is 1. The SMILES string of the molecule is CCN(CC)C(=O)C1=C(C)N=c2s/c(=C/c3cn(Cc4ccc(Br)cc4)c4ccccc34)c(=O)n2[C@H]1c1ccccc1OC. The topological polar surface area (TPSA) is 68.8 Å². The Morgan fingerprint density at radius 1 is 1.05 bits per heavy atom. The van der Waals surface area contributed by atoms with Gasteiger partial charge in [0.15, 0.2) is 4.80 Å². The van der Waals surface area contributed by atoms with Crippen molar-refractivity contribution in [2.75, 3.05) is 20.2 Å². The number of hydrogen-bond acceptors (Lipinski definition) is 5. The van der Waals surface area contributed by atoms with Crippen molar-refractivity contribution < 1.29 is 9.53 Å². The first-order chi connectivity index (χ1) is 21.3. The third-order valence-corrected chi connectivity index (χ3v) is 9.62. The van der Waals surface area contributed by atoms with Crippen LogP contribution in [0.25, 0.3) is 17.0 Å². The molecule has 6 rings (SSSR count). The highest BCUT2D eigenvalue weighted by Gasteiger charge is 2.35. The molecule has 1 aliphatic heterocycles. The Morgan fingerprint density at radius 3 is 2.48 bits per heavy atom. The van der Waals surface area contributed by atoms with E-state index in [0.29, 0.717) is 46.0 Å². The molecule has 1 aliphatic rings. The van der Waals surface area contributed by atoms with Crippen LogP contribution in [0.4, 0.5) is 0 Å². The molecule has 0 radical (unpaired) electrons. The molecular weight excluding hydrogens is 636 g/mol. The second-order valence-electron chi connectivity index (χ2n) is 10.7. The van der Waals surface area contributed by atoms with Gasteiger partial charge in [0, 0.05) is 52.3 Å². The molecule has 44 heavy (non-hydrogen) atoms. The number of rotatable bonds is 8. The van der Waals surface area contributed by atoms with Crippen LogP contribution in [0.15, 0.2) is 105 Å². The Labute approximate surface area is 268 Å². The van der Waals surface area contributed by atoms with E-state index in [0.717, 1.165) is 26.5 Å². The van der Waals surface area contributed by atoms with Crippen LogP contribution < -0.4 is 19.6 Å². The lowest BCUT2D eigenvalue weighted by Crippen LogP contribution is -2.43. The molecule has 0 bridgehead atoms. The monoisotopic (exact) mass is 668 g/mol. The number of likely N-dealkylation sites (N-methyl/N-ethyl adjacent to an activating group) is 1. The van der Waals surface area contributed by atoms with Crippen LogP contribution in [0.1, 0.15) is 43.5 Å². The molecular formula is C35H33BrN4O3S. The summed E-state index contributed by atoms with van der Waals surface area (Å²) in [6, 6.07) is 23.4. The van der Waals surface area contributed by atoms with E-state index >= 15 is 0 Å². The fourth-order valence-corrected chi connectivity index (χ4v) is 7.21. The highest BCUT2D eigenvalue weighted by atomic mass is 79.9. The number of ether oxygens (including phenoxy) is 1. The second kappa shape index (κ2) is 12.4. The van der Waals surface area contributed by atoms with E-state index in [9.17, 15) is 9.59 Å². The van der Waals surface area contributed by atoms with Crippen LogP contribution in [-0.4, -0.2) is 40.1 Å². The molecule has 224 valence electrons. The molecule has 0 fully saturated rings. The van der Waals surface area contributed by atoms with Crippen molar-refractivity contribution in [3.63, 3.8) is 0 Å². The first-order valence-electron chi connectivity index (χ1n) is 14.6. The van der Waals surface area contributed by atoms with Crippen molar-refractivity contribution >= 4 is 50.2 Å².